The zero-order chi connectivity index (χ0) is 21.2. The molecule has 4 nitrogen and oxygen atoms in total. The number of halogens is 1. The number of nitrogens with zero attached hydrogens (tertiary/aromatic N) is 1. The van der Waals surface area contributed by atoms with Crippen LogP contribution < -0.4 is 5.32 Å². The first-order chi connectivity index (χ1) is 14.0. The van der Waals surface area contributed by atoms with Crippen LogP contribution in [0.1, 0.15) is 37.0 Å². The quantitative estimate of drug-likeness (QED) is 0.585. The van der Waals surface area contributed by atoms with Gasteiger partial charge in [-0.2, -0.15) is 0 Å². The van der Waals surface area contributed by atoms with Crippen molar-refractivity contribution >= 4 is 35.2 Å². The molecule has 1 N–H and O–H groups in total. The van der Waals surface area contributed by atoms with Gasteiger partial charge < -0.3 is 10.2 Å². The largest absolute Gasteiger partial charge is 0.355 e. The summed E-state index contributed by atoms with van der Waals surface area (Å²) in [6.45, 7) is 6.81. The Labute approximate surface area is 183 Å². The molecule has 0 fully saturated rings. The van der Waals surface area contributed by atoms with Crippen molar-refractivity contribution in [1.82, 2.24) is 10.2 Å². The van der Waals surface area contributed by atoms with Crippen LogP contribution in [0.5, 0.6) is 0 Å². The molecule has 0 saturated heterocycles. The highest BCUT2D eigenvalue weighted by Crippen LogP contribution is 2.22. The van der Waals surface area contributed by atoms with E-state index in [-0.39, 0.29) is 11.8 Å². The second-order valence-corrected chi connectivity index (χ2v) is 8.31. The molecule has 2 aromatic rings. The van der Waals surface area contributed by atoms with Gasteiger partial charge in [0.15, 0.2) is 0 Å². The predicted octanol–water partition coefficient (Wildman–Crippen LogP) is 4.83. The number of carbonyl (C=O) groups is 2. The highest BCUT2D eigenvalue weighted by molar-refractivity contribution is 7.99. The molecule has 2 amide bonds. The van der Waals surface area contributed by atoms with Crippen LogP contribution in [-0.2, 0) is 21.9 Å². The molecule has 0 aliphatic heterocycles. The van der Waals surface area contributed by atoms with Gasteiger partial charge in [-0.25, -0.2) is 0 Å². The number of amides is 2. The number of likely N-dealkylation sites (N-methyl/N-ethyl adjacent to an activating group) is 1. The van der Waals surface area contributed by atoms with Crippen molar-refractivity contribution < 1.29 is 9.59 Å². The van der Waals surface area contributed by atoms with E-state index in [1.54, 1.807) is 4.90 Å². The van der Waals surface area contributed by atoms with Gasteiger partial charge in [-0.3, -0.25) is 9.59 Å². The fourth-order valence-corrected chi connectivity index (χ4v) is 4.36. The smallest absolute Gasteiger partial charge is 0.242 e. The average molecular weight is 433 g/mol. The Balaban J connectivity index is 2.12. The van der Waals surface area contributed by atoms with Crippen molar-refractivity contribution in [2.24, 2.45) is 0 Å². The molecular formula is C23H29ClN2O2S. The molecule has 0 aromatic heterocycles. The monoisotopic (exact) mass is 432 g/mol. The predicted molar refractivity (Wildman–Crippen MR) is 122 cm³/mol. The zero-order valence-electron chi connectivity index (χ0n) is 17.3. The Morgan fingerprint density at radius 1 is 1.14 bits per heavy atom. The van der Waals surface area contributed by atoms with Crippen molar-refractivity contribution in [2.75, 3.05) is 12.3 Å². The van der Waals surface area contributed by atoms with Crippen LogP contribution in [0.4, 0.5) is 0 Å². The minimum absolute atomic E-state index is 0.0401. The third-order valence-electron chi connectivity index (χ3n) is 4.61. The lowest BCUT2D eigenvalue weighted by Gasteiger charge is -2.30. The molecule has 0 saturated carbocycles. The molecule has 0 radical (unpaired) electrons. The van der Waals surface area contributed by atoms with Crippen LogP contribution in [0.15, 0.2) is 48.5 Å². The summed E-state index contributed by atoms with van der Waals surface area (Å²) < 4.78 is 0. The number of thioether (sulfide) groups is 1. The number of rotatable bonds is 10. The van der Waals surface area contributed by atoms with Crippen LogP contribution in [0, 0.1) is 6.92 Å². The van der Waals surface area contributed by atoms with Gasteiger partial charge in [-0.05, 0) is 37.5 Å². The minimum Gasteiger partial charge on any atom is -0.355 e. The van der Waals surface area contributed by atoms with Crippen LogP contribution in [0.3, 0.4) is 0 Å². The van der Waals surface area contributed by atoms with Gasteiger partial charge >= 0.3 is 0 Å². The summed E-state index contributed by atoms with van der Waals surface area (Å²) in [5, 5.41) is 3.57. The summed E-state index contributed by atoms with van der Waals surface area (Å²) in [5.41, 5.74) is 3.17. The van der Waals surface area contributed by atoms with E-state index >= 15 is 0 Å². The van der Waals surface area contributed by atoms with Crippen LogP contribution in [0.2, 0.25) is 5.02 Å². The molecule has 0 aliphatic carbocycles. The SMILES string of the molecule is CCNC(=O)[C@H](CC)N(Cc1cccc(C)c1)C(=O)CSCc1ccccc1Cl. The second-order valence-electron chi connectivity index (χ2n) is 6.91. The third-order valence-corrected chi connectivity index (χ3v) is 5.95. The van der Waals surface area contributed by atoms with E-state index in [1.807, 2.05) is 63.2 Å². The van der Waals surface area contributed by atoms with Crippen LogP contribution >= 0.6 is 23.4 Å². The molecule has 0 bridgehead atoms. The van der Waals surface area contributed by atoms with Crippen molar-refractivity contribution in [3.8, 4) is 0 Å². The topological polar surface area (TPSA) is 49.4 Å². The number of nitrogens with one attached hydrogen (secondary N) is 1. The third kappa shape index (κ3) is 7.09. The Morgan fingerprint density at radius 2 is 1.90 bits per heavy atom. The van der Waals surface area contributed by atoms with Crippen molar-refractivity contribution in [3.05, 3.63) is 70.2 Å². The lowest BCUT2D eigenvalue weighted by atomic mass is 10.1. The Kier molecular flexibility index (Phi) is 9.55. The number of carbonyl (C=O) groups excluding carboxylic acids is 2. The molecule has 0 aliphatic rings. The first kappa shape index (κ1) is 23.3. The summed E-state index contributed by atoms with van der Waals surface area (Å²) >= 11 is 7.73. The molecule has 6 heteroatoms. The van der Waals surface area contributed by atoms with E-state index in [0.29, 0.717) is 36.0 Å². The van der Waals surface area contributed by atoms with E-state index in [4.69, 9.17) is 11.6 Å². The number of hydrogen-bond acceptors (Lipinski definition) is 3. The standard InChI is InChI=1S/C23H29ClN2O2S/c1-4-21(23(28)25-5-2)26(14-18-10-8-9-17(3)13-18)22(27)16-29-15-19-11-6-7-12-20(19)24/h6-13,21H,4-5,14-16H2,1-3H3,(H,25,28)/t21-/m0/s1. The van der Waals surface area contributed by atoms with Gasteiger partial charge in [0.05, 0.1) is 5.75 Å². The number of benzene rings is 2. The second kappa shape index (κ2) is 11.9. The molecular weight excluding hydrogens is 404 g/mol. The van der Waals surface area contributed by atoms with E-state index in [2.05, 4.69) is 11.4 Å². The summed E-state index contributed by atoms with van der Waals surface area (Å²) in [6.07, 6.45) is 0.568. The van der Waals surface area contributed by atoms with Gasteiger partial charge in [0, 0.05) is 23.9 Å². The molecule has 2 rings (SSSR count). The lowest BCUT2D eigenvalue weighted by Crippen LogP contribution is -2.49. The van der Waals surface area contributed by atoms with E-state index in [1.165, 1.54) is 11.8 Å². The van der Waals surface area contributed by atoms with Crippen LogP contribution in [0.25, 0.3) is 0 Å². The molecule has 0 heterocycles. The summed E-state index contributed by atoms with van der Waals surface area (Å²) in [4.78, 5) is 27.4. The van der Waals surface area contributed by atoms with Gasteiger partial charge in [0.25, 0.3) is 0 Å². The summed E-state index contributed by atoms with van der Waals surface area (Å²) in [6, 6.07) is 15.2. The Bertz CT molecular complexity index is 828. The first-order valence-electron chi connectivity index (χ1n) is 9.90. The van der Waals surface area contributed by atoms with Crippen molar-refractivity contribution in [3.63, 3.8) is 0 Å². The fourth-order valence-electron chi connectivity index (χ4n) is 3.17. The maximum Gasteiger partial charge on any atom is 0.242 e. The minimum atomic E-state index is -0.483. The molecule has 0 unspecified atom stereocenters. The van der Waals surface area contributed by atoms with Crippen molar-refractivity contribution in [1.29, 1.82) is 0 Å². The maximum absolute atomic E-state index is 13.1. The lowest BCUT2D eigenvalue weighted by molar-refractivity contribution is -0.139. The van der Waals surface area contributed by atoms with E-state index in [9.17, 15) is 9.59 Å². The molecule has 2 aromatic carbocycles. The Morgan fingerprint density at radius 3 is 2.55 bits per heavy atom. The highest BCUT2D eigenvalue weighted by atomic mass is 35.5. The van der Waals surface area contributed by atoms with E-state index < -0.39 is 6.04 Å². The average Bonchev–Trinajstić information content (AvgIpc) is 2.69. The van der Waals surface area contributed by atoms with E-state index in [0.717, 1.165) is 16.7 Å². The van der Waals surface area contributed by atoms with Gasteiger partial charge in [0.2, 0.25) is 11.8 Å². The molecule has 1 atom stereocenters. The summed E-state index contributed by atoms with van der Waals surface area (Å²) in [5.74, 6) is 0.808. The van der Waals surface area contributed by atoms with Gasteiger partial charge in [-0.15, -0.1) is 11.8 Å². The van der Waals surface area contributed by atoms with Crippen molar-refractivity contribution in [2.45, 2.75) is 45.5 Å². The summed E-state index contributed by atoms with van der Waals surface area (Å²) in [7, 11) is 0. The Hall–Kier alpha value is -1.98. The number of aryl methyl sites for hydroxylation is 1. The molecule has 156 valence electrons. The first-order valence-corrected chi connectivity index (χ1v) is 11.4. The fraction of sp³-hybridized carbons (Fsp3) is 0.391. The van der Waals surface area contributed by atoms with Gasteiger partial charge in [-0.1, -0.05) is 66.6 Å². The maximum atomic E-state index is 13.1. The number of hydrogen-bond donors (Lipinski definition) is 1. The zero-order valence-corrected chi connectivity index (χ0v) is 18.9. The molecule has 29 heavy (non-hydrogen) atoms. The normalized spacial score (nSPS) is 11.7. The molecule has 0 spiro atoms. The van der Waals surface area contributed by atoms with Crippen LogP contribution in [-0.4, -0.2) is 35.1 Å². The highest BCUT2D eigenvalue weighted by Gasteiger charge is 2.28. The van der Waals surface area contributed by atoms with Gasteiger partial charge in [0.1, 0.15) is 6.04 Å².